The highest BCUT2D eigenvalue weighted by Gasteiger charge is 2.40. The lowest BCUT2D eigenvalue weighted by molar-refractivity contribution is -0.114. The summed E-state index contributed by atoms with van der Waals surface area (Å²) in [4.78, 5) is 0. The van der Waals surface area contributed by atoms with Gasteiger partial charge in [0, 0.05) is 0 Å². The van der Waals surface area contributed by atoms with E-state index in [1.54, 1.807) is 0 Å². The highest BCUT2D eigenvalue weighted by atomic mass is 35.7. The predicted octanol–water partition coefficient (Wildman–Crippen LogP) is 2.16. The zero-order valence-corrected chi connectivity index (χ0v) is 6.97. The van der Waals surface area contributed by atoms with Gasteiger partial charge in [0.15, 0.2) is 0 Å². The van der Waals surface area contributed by atoms with Crippen LogP contribution in [0.4, 0.5) is 22.0 Å². The quantitative estimate of drug-likeness (QED) is 0.426. The summed E-state index contributed by atoms with van der Waals surface area (Å²) in [6, 6.07) is -2.96. The molecule has 0 saturated carbocycles. The van der Waals surface area contributed by atoms with Gasteiger partial charge in [-0.15, -0.1) is 0 Å². The summed E-state index contributed by atoms with van der Waals surface area (Å²) in [6.07, 6.45) is -5.66. The van der Waals surface area contributed by atoms with Crippen molar-refractivity contribution in [2.45, 2.75) is 6.18 Å². The fourth-order valence-electron chi connectivity index (χ4n) is 0.235. The van der Waals surface area contributed by atoms with Crippen LogP contribution in [0.2, 0.25) is 0 Å². The summed E-state index contributed by atoms with van der Waals surface area (Å²) in [7, 11) is -0.865. The van der Waals surface area contributed by atoms with E-state index in [1.165, 1.54) is 0 Å². The monoisotopic (exact) mass is 246 g/mol. The lowest BCUT2D eigenvalue weighted by atomic mass is 10.6. The van der Waals surface area contributed by atoms with Gasteiger partial charge in [0.2, 0.25) is 0 Å². The number of hydrogen-bond donors (Lipinski definition) is 0. The molecule has 0 bridgehead atoms. The van der Waals surface area contributed by atoms with Crippen LogP contribution in [-0.4, -0.2) is 14.6 Å². The highest BCUT2D eigenvalue weighted by Crippen LogP contribution is 2.31. The van der Waals surface area contributed by atoms with E-state index in [0.717, 1.165) is 0 Å². The first-order valence-corrected chi connectivity index (χ1v) is 4.54. The van der Waals surface area contributed by atoms with Gasteiger partial charge in [-0.2, -0.15) is 30.4 Å². The summed E-state index contributed by atoms with van der Waals surface area (Å²) in [5, 5.41) is 0. The predicted molar refractivity (Wildman–Crippen MR) is 31.2 cm³/mol. The minimum atomic E-state index is -5.66. The summed E-state index contributed by atoms with van der Waals surface area (Å²) in [5.74, 6) is -3.31. The van der Waals surface area contributed by atoms with Crippen molar-refractivity contribution in [3.8, 4) is 0 Å². The van der Waals surface area contributed by atoms with Crippen LogP contribution in [0.3, 0.4) is 0 Å². The fraction of sp³-hybridized carbons (Fsp3) is 0.333. The maximum atomic E-state index is 11.9. The first-order chi connectivity index (χ1) is 5.54. The first-order valence-electron chi connectivity index (χ1n) is 2.30. The van der Waals surface area contributed by atoms with E-state index in [0.29, 0.717) is 0 Å². The third-order valence-corrected chi connectivity index (χ3v) is 1.13. The van der Waals surface area contributed by atoms with Crippen molar-refractivity contribution in [1.29, 1.82) is 0 Å². The summed E-state index contributed by atoms with van der Waals surface area (Å²) in [5.41, 5.74) is 0. The van der Waals surface area contributed by atoms with E-state index in [4.69, 9.17) is 0 Å². The highest BCUT2D eigenvalue weighted by molar-refractivity contribution is 8.10. The van der Waals surface area contributed by atoms with Gasteiger partial charge in [-0.3, -0.25) is 0 Å². The van der Waals surface area contributed by atoms with Crippen molar-refractivity contribution >= 4 is 20.0 Å². The Bertz CT molecular complexity index is 316. The number of halogens is 6. The molecule has 0 aromatic rings. The number of allylic oxidation sites excluding steroid dienone is 1. The van der Waals surface area contributed by atoms with E-state index in [9.17, 15) is 30.4 Å². The van der Waals surface area contributed by atoms with Crippen LogP contribution in [0.15, 0.2) is 11.8 Å². The number of rotatable bonds is 2. The summed E-state index contributed by atoms with van der Waals surface area (Å²) < 4.78 is 79.9. The van der Waals surface area contributed by atoms with Crippen LogP contribution in [0, 0.1) is 0 Å². The Balaban J connectivity index is 4.86. The normalized spacial score (nSPS) is 15.2. The van der Waals surface area contributed by atoms with E-state index in [1.807, 2.05) is 0 Å². The molecule has 0 heterocycles. The van der Waals surface area contributed by atoms with Gasteiger partial charge >= 0.3 is 21.5 Å². The smallest absolute Gasteiger partial charge is 0.338 e. The lowest BCUT2D eigenvalue weighted by Crippen LogP contribution is -2.11. The standard InChI is InChI=1S/C3ClF5O3S/c4-13(10,11)12-2(6)1(5)3(7,8)9. The molecule has 0 aliphatic heterocycles. The van der Waals surface area contributed by atoms with Crippen molar-refractivity contribution in [1.82, 2.24) is 0 Å². The largest absolute Gasteiger partial charge is 0.449 e. The molecular formula is C3ClF5O3S. The molecule has 0 N–H and O–H groups in total. The molecule has 10 heteroatoms. The lowest BCUT2D eigenvalue weighted by Gasteiger charge is -2.03. The van der Waals surface area contributed by atoms with Crippen molar-refractivity contribution in [3.05, 3.63) is 11.8 Å². The molecule has 0 rings (SSSR count). The average Bonchev–Trinajstić information content (AvgIpc) is 1.79. The molecule has 0 spiro atoms. The van der Waals surface area contributed by atoms with Crippen LogP contribution < -0.4 is 0 Å². The maximum absolute atomic E-state index is 11.9. The second-order valence-corrected chi connectivity index (χ2v) is 3.65. The molecule has 0 aromatic carbocycles. The van der Waals surface area contributed by atoms with Crippen molar-refractivity contribution in [2.24, 2.45) is 0 Å². The SMILES string of the molecule is O=S(=O)(Cl)OC(F)=C(F)C(F)(F)F. The van der Waals surface area contributed by atoms with Crippen molar-refractivity contribution < 1.29 is 34.6 Å². The third-order valence-electron chi connectivity index (χ3n) is 0.594. The van der Waals surface area contributed by atoms with Gasteiger partial charge < -0.3 is 4.18 Å². The Labute approximate surface area is 73.4 Å². The molecule has 0 unspecified atom stereocenters. The zero-order chi connectivity index (χ0) is 10.9. The molecule has 0 fully saturated rings. The van der Waals surface area contributed by atoms with E-state index in [-0.39, 0.29) is 0 Å². The van der Waals surface area contributed by atoms with Gasteiger partial charge in [-0.25, -0.2) is 0 Å². The summed E-state index contributed by atoms with van der Waals surface area (Å²) >= 11 is 0. The van der Waals surface area contributed by atoms with Crippen molar-refractivity contribution in [3.63, 3.8) is 0 Å². The van der Waals surface area contributed by atoms with Crippen LogP contribution in [-0.2, 0) is 13.5 Å². The molecule has 3 nitrogen and oxygen atoms in total. The Kier molecular flexibility index (Phi) is 3.50. The molecule has 0 aliphatic rings. The Morgan fingerprint density at radius 2 is 1.62 bits per heavy atom. The van der Waals surface area contributed by atoms with Gasteiger partial charge in [0.25, 0.3) is 5.83 Å². The second kappa shape index (κ2) is 3.66. The van der Waals surface area contributed by atoms with E-state index < -0.39 is 27.3 Å². The Hall–Kier alpha value is -0.570. The summed E-state index contributed by atoms with van der Waals surface area (Å²) in [6.45, 7) is 0. The van der Waals surface area contributed by atoms with Crippen LogP contribution in [0.1, 0.15) is 0 Å². The molecule has 0 aromatic heterocycles. The molecule has 78 valence electrons. The second-order valence-electron chi connectivity index (χ2n) is 1.56. The maximum Gasteiger partial charge on any atom is 0.449 e. The van der Waals surface area contributed by atoms with Crippen molar-refractivity contribution in [2.75, 3.05) is 0 Å². The minimum Gasteiger partial charge on any atom is -0.338 e. The molecule has 0 atom stereocenters. The Morgan fingerprint density at radius 3 is 1.85 bits per heavy atom. The van der Waals surface area contributed by atoms with Crippen LogP contribution >= 0.6 is 10.7 Å². The number of hydrogen-bond acceptors (Lipinski definition) is 3. The zero-order valence-electron chi connectivity index (χ0n) is 5.40. The first kappa shape index (κ1) is 12.4. The van der Waals surface area contributed by atoms with Gasteiger partial charge in [-0.05, 0) is 0 Å². The topological polar surface area (TPSA) is 43.4 Å². The molecular weight excluding hydrogens is 247 g/mol. The van der Waals surface area contributed by atoms with Gasteiger partial charge in [-0.1, -0.05) is 0 Å². The number of alkyl halides is 3. The fourth-order valence-corrected chi connectivity index (χ4v) is 0.649. The molecule has 0 aliphatic carbocycles. The van der Waals surface area contributed by atoms with Gasteiger partial charge in [0.05, 0.1) is 10.7 Å². The van der Waals surface area contributed by atoms with Crippen LogP contribution in [0.25, 0.3) is 0 Å². The van der Waals surface area contributed by atoms with E-state index in [2.05, 4.69) is 14.9 Å². The third kappa shape index (κ3) is 4.88. The average molecular weight is 247 g/mol. The molecule has 0 radical (unpaired) electrons. The van der Waals surface area contributed by atoms with Gasteiger partial charge in [0.1, 0.15) is 0 Å². The molecule has 0 saturated heterocycles. The van der Waals surface area contributed by atoms with E-state index >= 15 is 0 Å². The Morgan fingerprint density at radius 1 is 1.23 bits per heavy atom. The molecule has 13 heavy (non-hydrogen) atoms. The van der Waals surface area contributed by atoms with Crippen LogP contribution in [0.5, 0.6) is 0 Å². The minimum absolute atomic E-state index is 2.78. The molecule has 0 amide bonds.